The van der Waals surface area contributed by atoms with E-state index in [4.69, 9.17) is 9.15 Å². The molecule has 0 amide bonds. The van der Waals surface area contributed by atoms with E-state index in [0.717, 1.165) is 11.3 Å². The van der Waals surface area contributed by atoms with Crippen LogP contribution in [0, 0.1) is 11.7 Å². The van der Waals surface area contributed by atoms with Crippen molar-refractivity contribution < 1.29 is 18.7 Å². The third-order valence-corrected chi connectivity index (χ3v) is 3.51. The van der Waals surface area contributed by atoms with Crippen molar-refractivity contribution in [2.45, 2.75) is 33.0 Å². The summed E-state index contributed by atoms with van der Waals surface area (Å²) in [5.74, 6) is 1.02. The summed E-state index contributed by atoms with van der Waals surface area (Å²) >= 11 is 0. The zero-order chi connectivity index (χ0) is 17.4. The lowest BCUT2D eigenvalue weighted by Crippen LogP contribution is -2.34. The molecule has 132 valence electrons. The molecule has 0 saturated carbocycles. The lowest BCUT2D eigenvalue weighted by molar-refractivity contribution is 0.00460. The third kappa shape index (κ3) is 6.83. The van der Waals surface area contributed by atoms with Crippen LogP contribution in [0.2, 0.25) is 0 Å². The number of nitrogens with zero attached hydrogens (tertiary/aromatic N) is 1. The first kappa shape index (κ1) is 18.6. The molecule has 0 aliphatic heterocycles. The largest absolute Gasteiger partial charge is 0.468 e. The van der Waals surface area contributed by atoms with Crippen LogP contribution in [-0.2, 0) is 17.8 Å². The molecular formula is C19H26FNO3. The van der Waals surface area contributed by atoms with Crippen molar-refractivity contribution >= 4 is 0 Å². The van der Waals surface area contributed by atoms with E-state index < -0.39 is 6.10 Å². The monoisotopic (exact) mass is 335 g/mol. The number of hydrogen-bond acceptors (Lipinski definition) is 4. The minimum absolute atomic E-state index is 0.251. The van der Waals surface area contributed by atoms with Crippen LogP contribution in [0.1, 0.15) is 25.2 Å². The van der Waals surface area contributed by atoms with Gasteiger partial charge >= 0.3 is 0 Å². The highest BCUT2D eigenvalue weighted by Crippen LogP contribution is 2.12. The van der Waals surface area contributed by atoms with Crippen molar-refractivity contribution in [3.63, 3.8) is 0 Å². The van der Waals surface area contributed by atoms with Crippen LogP contribution in [0.4, 0.5) is 4.39 Å². The molecule has 0 saturated heterocycles. The summed E-state index contributed by atoms with van der Waals surface area (Å²) in [6.07, 6.45) is 1.05. The van der Waals surface area contributed by atoms with E-state index >= 15 is 0 Å². The van der Waals surface area contributed by atoms with Gasteiger partial charge in [-0.2, -0.15) is 0 Å². The summed E-state index contributed by atoms with van der Waals surface area (Å²) in [6.45, 7) is 6.71. The highest BCUT2D eigenvalue weighted by atomic mass is 19.1. The number of benzene rings is 1. The molecule has 0 unspecified atom stereocenters. The topological polar surface area (TPSA) is 45.8 Å². The molecule has 1 aromatic carbocycles. The average molecular weight is 335 g/mol. The fourth-order valence-corrected chi connectivity index (χ4v) is 2.45. The van der Waals surface area contributed by atoms with Crippen molar-refractivity contribution in [1.29, 1.82) is 0 Å². The predicted molar refractivity (Wildman–Crippen MR) is 90.9 cm³/mol. The Kier molecular flexibility index (Phi) is 7.43. The number of halogens is 1. The van der Waals surface area contributed by atoms with Crippen LogP contribution >= 0.6 is 0 Å². The minimum atomic E-state index is -0.584. The van der Waals surface area contributed by atoms with E-state index in [2.05, 4.69) is 18.7 Å². The second-order valence-electron chi connectivity index (χ2n) is 6.46. The molecule has 1 heterocycles. The Morgan fingerprint density at radius 3 is 2.50 bits per heavy atom. The summed E-state index contributed by atoms with van der Waals surface area (Å²) < 4.78 is 24.0. The highest BCUT2D eigenvalue weighted by Gasteiger charge is 2.15. The number of hydrogen-bond donors (Lipinski definition) is 1. The minimum Gasteiger partial charge on any atom is -0.468 e. The van der Waals surface area contributed by atoms with Crippen LogP contribution in [0.15, 0.2) is 47.1 Å². The maximum atomic E-state index is 13.1. The normalized spacial score (nSPS) is 12.9. The summed E-state index contributed by atoms with van der Waals surface area (Å²) in [7, 11) is 0. The number of aliphatic hydroxyl groups excluding tert-OH is 1. The van der Waals surface area contributed by atoms with Crippen molar-refractivity contribution in [3.8, 4) is 0 Å². The lowest BCUT2D eigenvalue weighted by atomic mass is 10.2. The number of ether oxygens (including phenoxy) is 1. The maximum absolute atomic E-state index is 13.1. The predicted octanol–water partition coefficient (Wildman–Crippen LogP) is 3.45. The molecule has 1 aromatic heterocycles. The van der Waals surface area contributed by atoms with Gasteiger partial charge in [0.05, 0.1) is 25.5 Å². The second-order valence-corrected chi connectivity index (χ2v) is 6.46. The van der Waals surface area contributed by atoms with Gasteiger partial charge in [-0.15, -0.1) is 0 Å². The molecule has 1 N–H and O–H groups in total. The van der Waals surface area contributed by atoms with Crippen LogP contribution < -0.4 is 0 Å². The van der Waals surface area contributed by atoms with Crippen molar-refractivity contribution in [2.75, 3.05) is 19.8 Å². The fourth-order valence-electron chi connectivity index (χ4n) is 2.45. The van der Waals surface area contributed by atoms with Gasteiger partial charge in [0.15, 0.2) is 0 Å². The Morgan fingerprint density at radius 2 is 1.88 bits per heavy atom. The van der Waals surface area contributed by atoms with Crippen molar-refractivity contribution in [2.24, 2.45) is 5.92 Å². The van der Waals surface area contributed by atoms with E-state index in [1.807, 2.05) is 12.1 Å². The van der Waals surface area contributed by atoms with E-state index in [1.54, 1.807) is 18.4 Å². The summed E-state index contributed by atoms with van der Waals surface area (Å²) in [4.78, 5) is 2.06. The molecule has 2 rings (SSSR count). The van der Waals surface area contributed by atoms with E-state index in [1.165, 1.54) is 12.1 Å². The van der Waals surface area contributed by atoms with Crippen molar-refractivity contribution in [1.82, 2.24) is 4.90 Å². The maximum Gasteiger partial charge on any atom is 0.123 e. The standard InChI is InChI=1S/C19H26FNO3/c1-15(2)13-23-14-18(22)11-21(12-19-4-3-9-24-19)10-16-5-7-17(20)8-6-16/h3-9,15,18,22H,10-14H2,1-2H3/t18-/m1/s1. The van der Waals surface area contributed by atoms with Gasteiger partial charge in [-0.05, 0) is 35.7 Å². The smallest absolute Gasteiger partial charge is 0.123 e. The van der Waals surface area contributed by atoms with Gasteiger partial charge in [0.25, 0.3) is 0 Å². The van der Waals surface area contributed by atoms with Crippen LogP contribution in [-0.4, -0.2) is 35.9 Å². The second kappa shape index (κ2) is 9.57. The van der Waals surface area contributed by atoms with Gasteiger partial charge in [-0.3, -0.25) is 4.90 Å². The fraction of sp³-hybridized carbons (Fsp3) is 0.474. The molecule has 1 atom stereocenters. The zero-order valence-electron chi connectivity index (χ0n) is 14.3. The van der Waals surface area contributed by atoms with Gasteiger partial charge in [-0.25, -0.2) is 4.39 Å². The molecular weight excluding hydrogens is 309 g/mol. The average Bonchev–Trinajstić information content (AvgIpc) is 3.02. The van der Waals surface area contributed by atoms with Gasteiger partial charge in [0.2, 0.25) is 0 Å². The van der Waals surface area contributed by atoms with Gasteiger partial charge < -0.3 is 14.3 Å². The Bertz CT molecular complexity index is 569. The molecule has 0 aliphatic carbocycles. The van der Waals surface area contributed by atoms with E-state index in [-0.39, 0.29) is 5.82 Å². The Hall–Kier alpha value is -1.69. The van der Waals surface area contributed by atoms with Crippen LogP contribution in [0.25, 0.3) is 0 Å². The quantitative estimate of drug-likeness (QED) is 0.722. The molecule has 0 fully saturated rings. The molecule has 0 aliphatic rings. The summed E-state index contributed by atoms with van der Waals surface area (Å²) in [5.41, 5.74) is 0.984. The lowest BCUT2D eigenvalue weighted by Gasteiger charge is -2.24. The Balaban J connectivity index is 1.93. The van der Waals surface area contributed by atoms with Gasteiger partial charge in [-0.1, -0.05) is 26.0 Å². The molecule has 5 heteroatoms. The first-order valence-electron chi connectivity index (χ1n) is 8.28. The van der Waals surface area contributed by atoms with Gasteiger partial charge in [0.1, 0.15) is 11.6 Å². The van der Waals surface area contributed by atoms with Crippen LogP contribution in [0.5, 0.6) is 0 Å². The third-order valence-electron chi connectivity index (χ3n) is 3.51. The molecule has 0 radical (unpaired) electrons. The molecule has 2 aromatic rings. The van der Waals surface area contributed by atoms with E-state index in [0.29, 0.717) is 38.8 Å². The Labute approximate surface area is 142 Å². The summed E-state index contributed by atoms with van der Waals surface area (Å²) in [6, 6.07) is 10.1. The number of aliphatic hydroxyl groups is 1. The first-order chi connectivity index (χ1) is 11.5. The first-order valence-corrected chi connectivity index (χ1v) is 8.28. The Morgan fingerprint density at radius 1 is 1.12 bits per heavy atom. The zero-order valence-corrected chi connectivity index (χ0v) is 14.3. The van der Waals surface area contributed by atoms with Gasteiger partial charge in [0, 0.05) is 19.7 Å². The van der Waals surface area contributed by atoms with Crippen LogP contribution in [0.3, 0.4) is 0 Å². The van der Waals surface area contributed by atoms with E-state index in [9.17, 15) is 9.50 Å². The number of rotatable bonds is 10. The SMILES string of the molecule is CC(C)COC[C@H](O)CN(Cc1ccc(F)cc1)Cc1ccco1. The molecule has 0 bridgehead atoms. The summed E-state index contributed by atoms with van der Waals surface area (Å²) in [5, 5.41) is 10.2. The molecule has 0 spiro atoms. The molecule has 24 heavy (non-hydrogen) atoms. The number of furan rings is 1. The van der Waals surface area contributed by atoms with Crippen molar-refractivity contribution in [3.05, 3.63) is 59.8 Å². The molecule has 4 nitrogen and oxygen atoms in total. The highest BCUT2D eigenvalue weighted by molar-refractivity contribution is 5.16.